The van der Waals surface area contributed by atoms with Gasteiger partial charge in [0.05, 0.1) is 12.4 Å². The van der Waals surface area contributed by atoms with Crippen LogP contribution in [0.5, 0.6) is 11.6 Å². The van der Waals surface area contributed by atoms with Crippen LogP contribution in [0.25, 0.3) is 0 Å². The molecule has 0 atom stereocenters. The Morgan fingerprint density at radius 3 is 2.70 bits per heavy atom. The van der Waals surface area contributed by atoms with Crippen molar-refractivity contribution >= 4 is 5.82 Å². The summed E-state index contributed by atoms with van der Waals surface area (Å²) in [6.45, 7) is 9.80. The second kappa shape index (κ2) is 6.36. The van der Waals surface area contributed by atoms with Crippen LogP contribution in [0.3, 0.4) is 0 Å². The van der Waals surface area contributed by atoms with Crippen LogP contribution >= 0.6 is 0 Å². The van der Waals surface area contributed by atoms with E-state index in [1.54, 1.807) is 12.3 Å². The minimum absolute atomic E-state index is 0.245. The molecule has 0 saturated carbocycles. The molecule has 2 aromatic heterocycles. The molecule has 2 heterocycles. The Balaban J connectivity index is 2.25. The van der Waals surface area contributed by atoms with Crippen molar-refractivity contribution in [3.63, 3.8) is 0 Å². The predicted octanol–water partition coefficient (Wildman–Crippen LogP) is 3.04. The van der Waals surface area contributed by atoms with Crippen molar-refractivity contribution in [2.75, 3.05) is 11.9 Å². The molecule has 0 aliphatic carbocycles. The van der Waals surface area contributed by atoms with Gasteiger partial charge in [-0.3, -0.25) is 4.68 Å². The maximum atomic E-state index is 5.76. The quantitative estimate of drug-likeness (QED) is 0.877. The highest BCUT2D eigenvalue weighted by molar-refractivity contribution is 5.39. The average Bonchev–Trinajstić information content (AvgIpc) is 2.86. The highest BCUT2D eigenvalue weighted by Gasteiger charge is 2.10. The molecule has 0 fully saturated rings. The molecule has 0 aromatic carbocycles. The largest absolute Gasteiger partial charge is 0.436 e. The van der Waals surface area contributed by atoms with Gasteiger partial charge in [-0.1, -0.05) is 13.8 Å². The maximum absolute atomic E-state index is 5.76. The third kappa shape index (κ3) is 3.46. The number of hydrogen-bond acceptors (Lipinski definition) is 5. The molecule has 0 radical (unpaired) electrons. The van der Waals surface area contributed by atoms with Gasteiger partial charge in [-0.25, -0.2) is 4.98 Å². The zero-order valence-corrected chi connectivity index (χ0v) is 12.4. The fraction of sp³-hybridized carbons (Fsp3) is 0.500. The fourth-order valence-corrected chi connectivity index (χ4v) is 1.72. The third-order valence-corrected chi connectivity index (χ3v) is 2.75. The fourth-order valence-electron chi connectivity index (χ4n) is 1.72. The Kier molecular flexibility index (Phi) is 4.55. The molecule has 0 bridgehead atoms. The van der Waals surface area contributed by atoms with Gasteiger partial charge >= 0.3 is 0 Å². The highest BCUT2D eigenvalue weighted by Crippen LogP contribution is 2.23. The third-order valence-electron chi connectivity index (χ3n) is 2.75. The molecule has 20 heavy (non-hydrogen) atoms. The normalized spacial score (nSPS) is 10.8. The number of aryl methyl sites for hydroxylation is 1. The van der Waals surface area contributed by atoms with Crippen molar-refractivity contribution in [3.05, 3.63) is 24.3 Å². The summed E-state index contributed by atoms with van der Waals surface area (Å²) in [5.74, 6) is 3.01. The van der Waals surface area contributed by atoms with Crippen molar-refractivity contribution < 1.29 is 4.74 Å². The highest BCUT2D eigenvalue weighted by atomic mass is 16.5. The average molecular weight is 275 g/mol. The Bertz CT molecular complexity index is 564. The molecule has 0 amide bonds. The second-order valence-corrected chi connectivity index (χ2v) is 4.77. The molecule has 1 N–H and O–H groups in total. The predicted molar refractivity (Wildman–Crippen MR) is 78.3 cm³/mol. The van der Waals surface area contributed by atoms with E-state index in [2.05, 4.69) is 34.2 Å². The van der Waals surface area contributed by atoms with Gasteiger partial charge in [-0.05, 0) is 13.8 Å². The zero-order chi connectivity index (χ0) is 14.5. The Morgan fingerprint density at radius 2 is 2.10 bits per heavy atom. The van der Waals surface area contributed by atoms with Gasteiger partial charge in [-0.2, -0.15) is 10.1 Å². The number of hydrogen-bond donors (Lipinski definition) is 1. The summed E-state index contributed by atoms with van der Waals surface area (Å²) in [4.78, 5) is 8.90. The summed E-state index contributed by atoms with van der Waals surface area (Å²) >= 11 is 0. The van der Waals surface area contributed by atoms with Crippen molar-refractivity contribution in [1.82, 2.24) is 19.7 Å². The monoisotopic (exact) mass is 275 g/mol. The molecule has 0 aliphatic rings. The Labute approximate surface area is 119 Å². The lowest BCUT2D eigenvalue weighted by atomic mass is 10.2. The summed E-state index contributed by atoms with van der Waals surface area (Å²) in [7, 11) is 0. The number of ether oxygens (including phenoxy) is 1. The standard InChI is InChI=1S/C14H21N5O/c1-5-15-12-7-13(18-14(17-12)10(3)4)20-11-8-16-19(6-2)9-11/h7-10H,5-6H2,1-4H3,(H,15,17,18). The molecule has 0 saturated heterocycles. The van der Waals surface area contributed by atoms with Crippen molar-refractivity contribution in [1.29, 1.82) is 0 Å². The van der Waals surface area contributed by atoms with E-state index >= 15 is 0 Å². The van der Waals surface area contributed by atoms with Crippen LogP contribution in [0, 0.1) is 0 Å². The van der Waals surface area contributed by atoms with Crippen LogP contribution in [-0.2, 0) is 6.54 Å². The van der Waals surface area contributed by atoms with E-state index in [9.17, 15) is 0 Å². The van der Waals surface area contributed by atoms with E-state index < -0.39 is 0 Å². The van der Waals surface area contributed by atoms with Crippen molar-refractivity contribution in [3.8, 4) is 11.6 Å². The van der Waals surface area contributed by atoms with E-state index in [1.165, 1.54) is 0 Å². The molecule has 108 valence electrons. The van der Waals surface area contributed by atoms with Crippen LogP contribution in [0.4, 0.5) is 5.82 Å². The van der Waals surface area contributed by atoms with Crippen LogP contribution < -0.4 is 10.1 Å². The molecular formula is C14H21N5O. The Morgan fingerprint density at radius 1 is 1.30 bits per heavy atom. The molecule has 2 aromatic rings. The van der Waals surface area contributed by atoms with Crippen LogP contribution in [-0.4, -0.2) is 26.3 Å². The molecular weight excluding hydrogens is 254 g/mol. The lowest BCUT2D eigenvalue weighted by Gasteiger charge is -2.10. The van der Waals surface area contributed by atoms with E-state index in [1.807, 2.05) is 24.7 Å². The van der Waals surface area contributed by atoms with E-state index in [-0.39, 0.29) is 5.92 Å². The summed E-state index contributed by atoms with van der Waals surface area (Å²) in [6, 6.07) is 1.80. The van der Waals surface area contributed by atoms with Gasteiger partial charge in [-0.15, -0.1) is 0 Å². The van der Waals surface area contributed by atoms with Gasteiger partial charge in [0.2, 0.25) is 5.88 Å². The first-order valence-corrected chi connectivity index (χ1v) is 6.95. The first kappa shape index (κ1) is 14.3. The SMILES string of the molecule is CCNc1cc(Oc2cnn(CC)c2)nc(C(C)C)n1. The minimum atomic E-state index is 0.245. The first-order valence-electron chi connectivity index (χ1n) is 6.95. The number of aromatic nitrogens is 4. The number of anilines is 1. The van der Waals surface area contributed by atoms with E-state index in [4.69, 9.17) is 4.74 Å². The van der Waals surface area contributed by atoms with Crippen molar-refractivity contribution in [2.24, 2.45) is 0 Å². The molecule has 0 aliphatic heterocycles. The van der Waals surface area contributed by atoms with Crippen molar-refractivity contribution in [2.45, 2.75) is 40.2 Å². The molecule has 6 nitrogen and oxygen atoms in total. The summed E-state index contributed by atoms with van der Waals surface area (Å²) in [5, 5.41) is 7.37. The summed E-state index contributed by atoms with van der Waals surface area (Å²) in [5.41, 5.74) is 0. The number of nitrogens with zero attached hydrogens (tertiary/aromatic N) is 4. The second-order valence-electron chi connectivity index (χ2n) is 4.77. The lowest BCUT2D eigenvalue weighted by Crippen LogP contribution is -2.05. The topological polar surface area (TPSA) is 64.9 Å². The summed E-state index contributed by atoms with van der Waals surface area (Å²) in [6.07, 6.45) is 3.54. The number of rotatable bonds is 6. The van der Waals surface area contributed by atoms with Gasteiger partial charge < -0.3 is 10.1 Å². The van der Waals surface area contributed by atoms with Crippen LogP contribution in [0.15, 0.2) is 18.5 Å². The minimum Gasteiger partial charge on any atom is -0.436 e. The van der Waals surface area contributed by atoms with Crippen LogP contribution in [0.1, 0.15) is 39.4 Å². The Hall–Kier alpha value is -2.11. The van der Waals surface area contributed by atoms with Crippen LogP contribution in [0.2, 0.25) is 0 Å². The maximum Gasteiger partial charge on any atom is 0.224 e. The first-order chi connectivity index (χ1) is 9.62. The molecule has 0 spiro atoms. The molecule has 6 heteroatoms. The molecule has 0 unspecified atom stereocenters. The number of nitrogens with one attached hydrogen (secondary N) is 1. The van der Waals surface area contributed by atoms with Gasteiger partial charge in [0, 0.05) is 25.1 Å². The van der Waals surface area contributed by atoms with Gasteiger partial charge in [0.1, 0.15) is 11.6 Å². The summed E-state index contributed by atoms with van der Waals surface area (Å²) < 4.78 is 7.57. The zero-order valence-electron chi connectivity index (χ0n) is 12.4. The molecule has 2 rings (SSSR count). The smallest absolute Gasteiger partial charge is 0.224 e. The van der Waals surface area contributed by atoms with Gasteiger partial charge in [0.25, 0.3) is 0 Å². The lowest BCUT2D eigenvalue weighted by molar-refractivity contribution is 0.456. The van der Waals surface area contributed by atoms with E-state index in [0.29, 0.717) is 11.6 Å². The van der Waals surface area contributed by atoms with E-state index in [0.717, 1.165) is 24.7 Å². The van der Waals surface area contributed by atoms with Gasteiger partial charge in [0.15, 0.2) is 5.75 Å².